The van der Waals surface area contributed by atoms with E-state index in [1.165, 1.54) is 6.42 Å². The molecule has 2 nitrogen and oxygen atoms in total. The van der Waals surface area contributed by atoms with Crippen molar-refractivity contribution < 1.29 is 4.48 Å². The van der Waals surface area contributed by atoms with Crippen LogP contribution in [0.25, 0.3) is 0 Å². The average molecular weight is 174 g/mol. The maximum absolute atomic E-state index is 12.6. The Morgan fingerprint density at radius 3 is 2.50 bits per heavy atom. The van der Waals surface area contributed by atoms with Crippen LogP contribution < -0.4 is 0 Å². The minimum atomic E-state index is 0.608. The van der Waals surface area contributed by atoms with Gasteiger partial charge in [0.1, 0.15) is 0 Å². The number of piperidine rings is 1. The molecule has 0 spiro atoms. The normalized spacial score (nSPS) is 22.0. The molecule has 0 amide bonds. The fourth-order valence-corrected chi connectivity index (χ4v) is 1.81. The largest absolute Gasteiger partial charge is 0.303 e. The van der Waals surface area contributed by atoms with Crippen molar-refractivity contribution in [1.82, 2.24) is 10.0 Å². The smallest absolute Gasteiger partial charge is 0.0305 e. The number of halogens is 1. The zero-order valence-electron chi connectivity index (χ0n) is 8.09. The highest BCUT2D eigenvalue weighted by Crippen LogP contribution is 2.15. The van der Waals surface area contributed by atoms with Gasteiger partial charge >= 0.3 is 0 Å². The van der Waals surface area contributed by atoms with Crippen molar-refractivity contribution >= 4 is 0 Å². The van der Waals surface area contributed by atoms with Crippen molar-refractivity contribution in [3.05, 3.63) is 0 Å². The molecule has 0 radical (unpaired) electrons. The summed E-state index contributed by atoms with van der Waals surface area (Å²) in [6.07, 6.45) is 3.15. The molecular formula is C9H19FN2. The molecule has 1 rings (SSSR count). The van der Waals surface area contributed by atoms with E-state index < -0.39 is 0 Å². The first-order chi connectivity index (χ1) is 5.74. The van der Waals surface area contributed by atoms with Crippen LogP contribution in [0.2, 0.25) is 0 Å². The highest BCUT2D eigenvalue weighted by Gasteiger charge is 2.21. The molecule has 0 bridgehead atoms. The average Bonchev–Trinajstić information content (AvgIpc) is 2.06. The summed E-state index contributed by atoms with van der Waals surface area (Å²) in [5.74, 6) is 0. The first-order valence-electron chi connectivity index (χ1n) is 4.85. The van der Waals surface area contributed by atoms with E-state index in [2.05, 4.69) is 18.9 Å². The summed E-state index contributed by atoms with van der Waals surface area (Å²) in [4.78, 5) is 2.35. The minimum Gasteiger partial charge on any atom is -0.303 e. The molecule has 72 valence electrons. The summed E-state index contributed by atoms with van der Waals surface area (Å²) in [6.45, 7) is 4.54. The van der Waals surface area contributed by atoms with Crippen molar-refractivity contribution in [3.63, 3.8) is 0 Å². The second kappa shape index (κ2) is 4.77. The third-order valence-electron chi connectivity index (χ3n) is 2.61. The van der Waals surface area contributed by atoms with Crippen LogP contribution >= 0.6 is 0 Å². The highest BCUT2D eigenvalue weighted by molar-refractivity contribution is 4.74. The van der Waals surface area contributed by atoms with Crippen LogP contribution in [-0.2, 0) is 0 Å². The summed E-state index contributed by atoms with van der Waals surface area (Å²) >= 11 is 0. The third-order valence-corrected chi connectivity index (χ3v) is 2.61. The molecular weight excluding hydrogens is 155 g/mol. The maximum atomic E-state index is 12.6. The van der Waals surface area contributed by atoms with Crippen LogP contribution in [0.5, 0.6) is 0 Å². The standard InChI is InChI=1S/C9H19FN2/c1-3-6-11(2)9-4-7-12(10)8-5-9/h9H,3-8H2,1-2H3. The van der Waals surface area contributed by atoms with Crippen LogP contribution in [0.4, 0.5) is 4.48 Å². The van der Waals surface area contributed by atoms with E-state index in [0.717, 1.165) is 24.5 Å². The van der Waals surface area contributed by atoms with Crippen molar-refractivity contribution in [2.75, 3.05) is 26.7 Å². The second-order valence-electron chi connectivity index (χ2n) is 3.62. The quantitative estimate of drug-likeness (QED) is 0.601. The molecule has 1 aliphatic rings. The Morgan fingerprint density at radius 1 is 1.42 bits per heavy atom. The van der Waals surface area contributed by atoms with E-state index in [0.29, 0.717) is 19.1 Å². The molecule has 3 heteroatoms. The van der Waals surface area contributed by atoms with Crippen LogP contribution in [-0.4, -0.2) is 42.7 Å². The van der Waals surface area contributed by atoms with E-state index in [1.54, 1.807) is 0 Å². The van der Waals surface area contributed by atoms with Gasteiger partial charge in [-0.25, -0.2) is 0 Å². The van der Waals surface area contributed by atoms with Gasteiger partial charge in [0.15, 0.2) is 0 Å². The van der Waals surface area contributed by atoms with Gasteiger partial charge in [-0.05, 0) is 32.9 Å². The molecule has 0 aliphatic carbocycles. The predicted molar refractivity (Wildman–Crippen MR) is 48.6 cm³/mol. The topological polar surface area (TPSA) is 6.48 Å². The predicted octanol–water partition coefficient (Wildman–Crippen LogP) is 1.68. The van der Waals surface area contributed by atoms with Crippen LogP contribution in [0.15, 0.2) is 0 Å². The van der Waals surface area contributed by atoms with Crippen molar-refractivity contribution in [3.8, 4) is 0 Å². The number of rotatable bonds is 3. The summed E-state index contributed by atoms with van der Waals surface area (Å²) < 4.78 is 12.6. The van der Waals surface area contributed by atoms with Crippen LogP contribution in [0, 0.1) is 0 Å². The van der Waals surface area contributed by atoms with E-state index in [-0.39, 0.29) is 0 Å². The molecule has 0 aromatic carbocycles. The molecule has 1 heterocycles. The Kier molecular flexibility index (Phi) is 3.95. The molecule has 1 fully saturated rings. The molecule has 1 saturated heterocycles. The summed E-state index contributed by atoms with van der Waals surface area (Å²) in [5, 5.41) is 0.927. The van der Waals surface area contributed by atoms with Gasteiger partial charge in [0.2, 0.25) is 0 Å². The van der Waals surface area contributed by atoms with Gasteiger partial charge in [0.05, 0.1) is 0 Å². The van der Waals surface area contributed by atoms with Gasteiger partial charge in [-0.3, -0.25) is 0 Å². The van der Waals surface area contributed by atoms with Crippen molar-refractivity contribution in [2.45, 2.75) is 32.2 Å². The zero-order chi connectivity index (χ0) is 8.97. The van der Waals surface area contributed by atoms with Crippen molar-refractivity contribution in [1.29, 1.82) is 0 Å². The molecule has 1 aliphatic heterocycles. The molecule has 0 N–H and O–H groups in total. The van der Waals surface area contributed by atoms with E-state index >= 15 is 0 Å². The Morgan fingerprint density at radius 2 is 2.00 bits per heavy atom. The lowest BCUT2D eigenvalue weighted by molar-refractivity contribution is -0.0171. The third kappa shape index (κ3) is 2.72. The Balaban J connectivity index is 2.24. The fraction of sp³-hybridized carbons (Fsp3) is 1.00. The maximum Gasteiger partial charge on any atom is 0.0305 e. The Hall–Kier alpha value is -0.150. The van der Waals surface area contributed by atoms with Crippen LogP contribution in [0.3, 0.4) is 0 Å². The van der Waals surface area contributed by atoms with Gasteiger partial charge in [0, 0.05) is 19.1 Å². The lowest BCUT2D eigenvalue weighted by Crippen LogP contribution is -2.40. The van der Waals surface area contributed by atoms with Crippen LogP contribution in [0.1, 0.15) is 26.2 Å². The zero-order valence-corrected chi connectivity index (χ0v) is 8.09. The number of hydrogen-bond donors (Lipinski definition) is 0. The van der Waals surface area contributed by atoms with Gasteiger partial charge in [-0.15, -0.1) is 9.60 Å². The Bertz CT molecular complexity index is 122. The fourth-order valence-electron chi connectivity index (χ4n) is 1.81. The van der Waals surface area contributed by atoms with Gasteiger partial charge in [-0.1, -0.05) is 6.92 Å². The number of nitrogens with zero attached hydrogens (tertiary/aromatic N) is 2. The van der Waals surface area contributed by atoms with E-state index in [4.69, 9.17) is 0 Å². The lowest BCUT2D eigenvalue weighted by Gasteiger charge is -2.32. The van der Waals surface area contributed by atoms with Gasteiger partial charge in [0.25, 0.3) is 0 Å². The van der Waals surface area contributed by atoms with E-state index in [9.17, 15) is 4.48 Å². The number of hydrogen-bond acceptors (Lipinski definition) is 2. The minimum absolute atomic E-state index is 0.608. The SMILES string of the molecule is CCCN(C)C1CCN(F)CC1. The lowest BCUT2D eigenvalue weighted by atomic mass is 10.1. The van der Waals surface area contributed by atoms with Gasteiger partial charge in [-0.2, -0.15) is 0 Å². The molecule has 0 unspecified atom stereocenters. The second-order valence-corrected chi connectivity index (χ2v) is 3.62. The highest BCUT2D eigenvalue weighted by atomic mass is 19.2. The Labute approximate surface area is 74.3 Å². The monoisotopic (exact) mass is 174 g/mol. The first-order valence-corrected chi connectivity index (χ1v) is 4.85. The summed E-state index contributed by atoms with van der Waals surface area (Å²) in [5.41, 5.74) is 0. The molecule has 0 aromatic heterocycles. The molecule has 0 atom stereocenters. The summed E-state index contributed by atoms with van der Waals surface area (Å²) in [7, 11) is 2.14. The molecule has 0 saturated carbocycles. The molecule has 12 heavy (non-hydrogen) atoms. The first kappa shape index (κ1) is 9.93. The van der Waals surface area contributed by atoms with E-state index in [1.807, 2.05) is 0 Å². The van der Waals surface area contributed by atoms with Gasteiger partial charge < -0.3 is 4.90 Å². The molecule has 0 aromatic rings. The van der Waals surface area contributed by atoms with Crippen molar-refractivity contribution in [2.24, 2.45) is 0 Å². The summed E-state index contributed by atoms with van der Waals surface area (Å²) in [6, 6.07) is 0.608.